The number of unbranched alkanes of at least 4 members (excludes halogenated alkanes) is 1. The smallest absolute Gasteiger partial charge is 0.330 e. The van der Waals surface area contributed by atoms with Gasteiger partial charge in [0.25, 0.3) is 8.32 Å². The minimum atomic E-state index is -2.66. The van der Waals surface area contributed by atoms with Gasteiger partial charge >= 0.3 is 5.97 Å². The van der Waals surface area contributed by atoms with E-state index in [2.05, 4.69) is 80.0 Å². The largest absolute Gasteiger partial charge is 0.466 e. The van der Waals surface area contributed by atoms with Crippen LogP contribution in [-0.2, 0) is 14.0 Å². The Morgan fingerprint density at radius 3 is 2.03 bits per heavy atom. The summed E-state index contributed by atoms with van der Waals surface area (Å²) in [4.78, 5) is 11.2. The number of ether oxygens (including phenoxy) is 1. The minimum Gasteiger partial charge on any atom is -0.466 e. The third kappa shape index (κ3) is 5.72. The summed E-state index contributed by atoms with van der Waals surface area (Å²) in [5, 5.41) is 2.32. The van der Waals surface area contributed by atoms with E-state index in [1.54, 1.807) is 0 Å². The number of carbonyl (C=O) groups excluding carboxylic acids is 1. The van der Waals surface area contributed by atoms with Gasteiger partial charge in [0.1, 0.15) is 6.10 Å². The first-order valence-electron chi connectivity index (χ1n) is 10.3. The maximum atomic E-state index is 11.2. The highest BCUT2D eigenvalue weighted by molar-refractivity contribution is 6.99. The van der Waals surface area contributed by atoms with Crippen molar-refractivity contribution >= 4 is 24.7 Å². The molecule has 0 fully saturated rings. The summed E-state index contributed by atoms with van der Waals surface area (Å²) >= 11 is 0. The van der Waals surface area contributed by atoms with Crippen LogP contribution in [0.2, 0.25) is 5.04 Å². The van der Waals surface area contributed by atoms with Crippen LogP contribution in [0.5, 0.6) is 0 Å². The molecule has 0 heterocycles. The normalized spacial score (nSPS) is 13.0. The lowest BCUT2D eigenvalue weighted by Gasteiger charge is -2.44. The molecule has 30 heavy (non-hydrogen) atoms. The van der Waals surface area contributed by atoms with Crippen LogP contribution in [0.4, 0.5) is 0 Å². The zero-order chi connectivity index (χ0) is 22.0. The lowest BCUT2D eigenvalue weighted by Crippen LogP contribution is -2.67. The molecule has 2 aromatic carbocycles. The molecule has 0 saturated heterocycles. The fourth-order valence-corrected chi connectivity index (χ4v) is 8.38. The topological polar surface area (TPSA) is 35.5 Å². The molecule has 0 amide bonds. The van der Waals surface area contributed by atoms with Gasteiger partial charge in [0.15, 0.2) is 0 Å². The van der Waals surface area contributed by atoms with E-state index < -0.39 is 8.32 Å². The van der Waals surface area contributed by atoms with Crippen molar-refractivity contribution in [3.8, 4) is 12.3 Å². The second kappa shape index (κ2) is 11.0. The number of hydrogen-bond donors (Lipinski definition) is 0. The molecule has 0 aliphatic rings. The number of rotatable bonds is 9. The number of terminal acetylenes is 1. The van der Waals surface area contributed by atoms with Crippen LogP contribution >= 0.6 is 0 Å². The van der Waals surface area contributed by atoms with Crippen LogP contribution in [0.3, 0.4) is 0 Å². The second-order valence-electron chi connectivity index (χ2n) is 8.29. The van der Waals surface area contributed by atoms with E-state index in [1.807, 2.05) is 18.2 Å². The standard InChI is InChI=1S/C26H32O3Si/c1-6-22(16-10-7-15-21-25(27)28-5)29-30(26(2,3)4,23-17-11-8-12-18-23)24-19-13-9-14-20-24/h1,8-9,11-15,17-22H,7,10,16H2,2-5H3/b21-15+. The molecule has 0 aliphatic heterocycles. The van der Waals surface area contributed by atoms with Gasteiger partial charge in [-0.25, -0.2) is 4.79 Å². The van der Waals surface area contributed by atoms with Gasteiger partial charge in [-0.05, 0) is 34.7 Å². The first-order chi connectivity index (χ1) is 14.3. The van der Waals surface area contributed by atoms with Crippen molar-refractivity contribution in [1.29, 1.82) is 0 Å². The van der Waals surface area contributed by atoms with E-state index in [0.29, 0.717) is 0 Å². The Labute approximate surface area is 182 Å². The molecular formula is C26H32O3Si. The molecule has 0 N–H and O–H groups in total. The lowest BCUT2D eigenvalue weighted by atomic mass is 10.1. The van der Waals surface area contributed by atoms with E-state index in [4.69, 9.17) is 10.8 Å². The van der Waals surface area contributed by atoms with Gasteiger partial charge in [-0.15, -0.1) is 6.42 Å². The maximum absolute atomic E-state index is 11.2. The Balaban J connectivity index is 2.34. The van der Waals surface area contributed by atoms with Crippen molar-refractivity contribution in [2.24, 2.45) is 0 Å². The van der Waals surface area contributed by atoms with Gasteiger partial charge in [0.2, 0.25) is 0 Å². The molecule has 0 aliphatic carbocycles. The number of hydrogen-bond acceptors (Lipinski definition) is 3. The Bertz CT molecular complexity index is 821. The molecule has 2 aromatic rings. The monoisotopic (exact) mass is 420 g/mol. The average Bonchev–Trinajstić information content (AvgIpc) is 2.75. The Hall–Kier alpha value is -2.61. The maximum Gasteiger partial charge on any atom is 0.330 e. The third-order valence-corrected chi connectivity index (χ3v) is 10.3. The molecule has 0 saturated carbocycles. The SMILES string of the molecule is C#CC(CCC/C=C/C(=O)OC)O[Si](c1ccccc1)(c1ccccc1)C(C)(C)C. The summed E-state index contributed by atoms with van der Waals surface area (Å²) in [7, 11) is -1.29. The van der Waals surface area contributed by atoms with Crippen molar-refractivity contribution in [1.82, 2.24) is 0 Å². The Morgan fingerprint density at radius 1 is 1.07 bits per heavy atom. The summed E-state index contributed by atoms with van der Waals surface area (Å²) in [5.74, 6) is 2.54. The molecule has 158 valence electrons. The predicted octanol–water partition coefficient (Wildman–Crippen LogP) is 4.46. The Morgan fingerprint density at radius 2 is 1.60 bits per heavy atom. The van der Waals surface area contributed by atoms with Crippen LogP contribution in [0.15, 0.2) is 72.8 Å². The summed E-state index contributed by atoms with van der Waals surface area (Å²) < 4.78 is 11.6. The quantitative estimate of drug-likeness (QED) is 0.197. The van der Waals surface area contributed by atoms with Crippen molar-refractivity contribution < 1.29 is 14.0 Å². The fraction of sp³-hybridized carbons (Fsp3) is 0.346. The molecule has 0 bridgehead atoms. The number of benzene rings is 2. The molecule has 0 spiro atoms. The van der Waals surface area contributed by atoms with Gasteiger partial charge in [-0.2, -0.15) is 0 Å². The number of methoxy groups -OCH3 is 1. The zero-order valence-electron chi connectivity index (χ0n) is 18.4. The van der Waals surface area contributed by atoms with Crippen LogP contribution in [0.25, 0.3) is 0 Å². The predicted molar refractivity (Wildman–Crippen MR) is 126 cm³/mol. The van der Waals surface area contributed by atoms with Crippen LogP contribution in [-0.4, -0.2) is 27.5 Å². The first-order valence-corrected chi connectivity index (χ1v) is 12.3. The number of carbonyl (C=O) groups is 1. The van der Waals surface area contributed by atoms with Crippen LogP contribution in [0.1, 0.15) is 40.0 Å². The van der Waals surface area contributed by atoms with Crippen LogP contribution < -0.4 is 10.4 Å². The fourth-order valence-electron chi connectivity index (χ4n) is 3.75. The minimum absolute atomic E-state index is 0.115. The average molecular weight is 421 g/mol. The zero-order valence-corrected chi connectivity index (χ0v) is 19.4. The number of esters is 1. The van der Waals surface area contributed by atoms with Crippen molar-refractivity contribution in [3.63, 3.8) is 0 Å². The molecule has 1 unspecified atom stereocenters. The highest BCUT2D eigenvalue weighted by Crippen LogP contribution is 2.37. The van der Waals surface area contributed by atoms with Crippen molar-refractivity contribution in [2.45, 2.75) is 51.2 Å². The van der Waals surface area contributed by atoms with Gasteiger partial charge in [0.05, 0.1) is 7.11 Å². The molecular weight excluding hydrogens is 388 g/mol. The van der Waals surface area contributed by atoms with E-state index in [9.17, 15) is 4.79 Å². The van der Waals surface area contributed by atoms with E-state index in [1.165, 1.54) is 23.6 Å². The molecule has 3 nitrogen and oxygen atoms in total. The summed E-state index contributed by atoms with van der Waals surface area (Å²) in [5.41, 5.74) is 0. The molecule has 1 atom stereocenters. The highest BCUT2D eigenvalue weighted by Gasteiger charge is 2.51. The molecule has 0 aromatic heterocycles. The molecule has 4 heteroatoms. The van der Waals surface area contributed by atoms with Crippen molar-refractivity contribution in [3.05, 3.63) is 72.8 Å². The third-order valence-electron chi connectivity index (χ3n) is 5.21. The lowest BCUT2D eigenvalue weighted by molar-refractivity contribution is -0.134. The van der Waals surface area contributed by atoms with Gasteiger partial charge in [0, 0.05) is 6.08 Å². The van der Waals surface area contributed by atoms with Crippen molar-refractivity contribution in [2.75, 3.05) is 7.11 Å². The summed E-state index contributed by atoms with van der Waals surface area (Å²) in [6.45, 7) is 6.73. The molecule has 2 rings (SSSR count). The molecule has 0 radical (unpaired) electrons. The number of allylic oxidation sites excluding steroid dienone is 1. The second-order valence-corrected chi connectivity index (χ2v) is 12.5. The van der Waals surface area contributed by atoms with Gasteiger partial charge in [-0.3, -0.25) is 0 Å². The summed E-state index contributed by atoms with van der Waals surface area (Å²) in [6, 6.07) is 21.0. The highest BCUT2D eigenvalue weighted by atomic mass is 28.4. The Kier molecular flexibility index (Phi) is 8.65. The van der Waals surface area contributed by atoms with E-state index in [-0.39, 0.29) is 17.1 Å². The van der Waals surface area contributed by atoms with E-state index in [0.717, 1.165) is 19.3 Å². The first kappa shape index (κ1) is 23.7. The van der Waals surface area contributed by atoms with E-state index >= 15 is 0 Å². The summed E-state index contributed by atoms with van der Waals surface area (Å²) in [6.07, 6.45) is 11.2. The van der Waals surface area contributed by atoms with Gasteiger partial charge in [-0.1, -0.05) is 93.4 Å². The van der Waals surface area contributed by atoms with Crippen LogP contribution in [0, 0.1) is 12.3 Å². The van der Waals surface area contributed by atoms with Gasteiger partial charge < -0.3 is 9.16 Å².